The number of carbonyl (C=O) groups is 2. The molecule has 0 aromatic carbocycles. The summed E-state index contributed by atoms with van der Waals surface area (Å²) >= 11 is 0. The van der Waals surface area contributed by atoms with E-state index in [0.717, 1.165) is 70.6 Å². The van der Waals surface area contributed by atoms with E-state index in [9.17, 15) is 37.9 Å². The van der Waals surface area contributed by atoms with E-state index in [0.29, 0.717) is 12.8 Å². The Labute approximate surface area is 343 Å². The number of carbonyl (C=O) groups excluding carboxylic acids is 2. The van der Waals surface area contributed by atoms with Crippen LogP contribution in [0.15, 0.2) is 60.8 Å². The fourth-order valence-electron chi connectivity index (χ4n) is 6.04. The van der Waals surface area contributed by atoms with Crippen molar-refractivity contribution in [2.24, 2.45) is 0 Å². The van der Waals surface area contributed by atoms with Gasteiger partial charge in [0.25, 0.3) is 10.1 Å². The number of aliphatic hydroxyl groups is 3. The number of ether oxygens (including phenoxy) is 4. The van der Waals surface area contributed by atoms with E-state index in [-0.39, 0.29) is 19.4 Å². The van der Waals surface area contributed by atoms with Gasteiger partial charge in [-0.05, 0) is 64.2 Å². The average Bonchev–Trinajstić information content (AvgIpc) is 3.17. The van der Waals surface area contributed by atoms with Crippen LogP contribution in [-0.4, -0.2) is 96.0 Å². The van der Waals surface area contributed by atoms with Crippen LogP contribution >= 0.6 is 0 Å². The van der Waals surface area contributed by atoms with Gasteiger partial charge in [0, 0.05) is 12.8 Å². The van der Waals surface area contributed by atoms with Crippen LogP contribution in [-0.2, 0) is 38.7 Å². The Bertz CT molecular complexity index is 1290. The topological polar surface area (TPSA) is 186 Å². The zero-order valence-corrected chi connectivity index (χ0v) is 35.5. The summed E-state index contributed by atoms with van der Waals surface area (Å²) < 4.78 is 53.9. The maximum Gasteiger partial charge on any atom is 0.306 e. The quantitative estimate of drug-likeness (QED) is 0.0211. The first-order chi connectivity index (χ1) is 27.5. The van der Waals surface area contributed by atoms with Gasteiger partial charge in [-0.25, -0.2) is 0 Å². The predicted molar refractivity (Wildman–Crippen MR) is 224 cm³/mol. The van der Waals surface area contributed by atoms with E-state index < -0.39 is 71.2 Å². The van der Waals surface area contributed by atoms with E-state index >= 15 is 0 Å². The second kappa shape index (κ2) is 34.2. The van der Waals surface area contributed by atoms with Gasteiger partial charge in [0.15, 0.2) is 12.4 Å². The van der Waals surface area contributed by atoms with Crippen LogP contribution in [0.1, 0.15) is 149 Å². The molecule has 0 aliphatic carbocycles. The molecule has 3 unspecified atom stereocenters. The van der Waals surface area contributed by atoms with Crippen molar-refractivity contribution in [2.45, 2.75) is 185 Å². The number of allylic oxidation sites excluding steroid dienone is 10. The van der Waals surface area contributed by atoms with Gasteiger partial charge in [-0.1, -0.05) is 132 Å². The van der Waals surface area contributed by atoms with E-state index in [2.05, 4.69) is 62.5 Å². The molecule has 0 bridgehead atoms. The molecule has 57 heavy (non-hydrogen) atoms. The fourth-order valence-corrected chi connectivity index (χ4v) is 6.73. The number of hydrogen-bond donors (Lipinski definition) is 4. The molecule has 328 valence electrons. The summed E-state index contributed by atoms with van der Waals surface area (Å²) in [7, 11) is -4.61. The number of unbranched alkanes of at least 4 members (excludes halogenated alkanes) is 12. The third-order valence-electron chi connectivity index (χ3n) is 9.34. The van der Waals surface area contributed by atoms with Gasteiger partial charge in [-0.15, -0.1) is 0 Å². The molecule has 6 atom stereocenters. The molecule has 1 fully saturated rings. The van der Waals surface area contributed by atoms with Crippen molar-refractivity contribution < 1.29 is 56.8 Å². The Balaban J connectivity index is 2.52. The van der Waals surface area contributed by atoms with Gasteiger partial charge in [0.05, 0.1) is 6.61 Å². The Kier molecular flexibility index (Phi) is 31.5. The lowest BCUT2D eigenvalue weighted by molar-refractivity contribution is -0.297. The third kappa shape index (κ3) is 29.2. The minimum Gasteiger partial charge on any atom is -0.462 e. The molecule has 0 spiro atoms. The Morgan fingerprint density at radius 3 is 1.72 bits per heavy atom. The van der Waals surface area contributed by atoms with Crippen LogP contribution in [0.25, 0.3) is 0 Å². The molecule has 0 saturated carbocycles. The molecular weight excluding hydrogens is 753 g/mol. The summed E-state index contributed by atoms with van der Waals surface area (Å²) in [4.78, 5) is 25.3. The zero-order valence-electron chi connectivity index (χ0n) is 34.7. The molecule has 13 heteroatoms. The normalized spacial score (nSPS) is 21.1. The molecule has 1 aliphatic rings. The first-order valence-electron chi connectivity index (χ1n) is 21.3. The van der Waals surface area contributed by atoms with Crippen molar-refractivity contribution >= 4 is 22.1 Å². The van der Waals surface area contributed by atoms with Gasteiger partial charge in [-0.3, -0.25) is 14.1 Å². The molecule has 1 saturated heterocycles. The lowest BCUT2D eigenvalue weighted by atomic mass is 10.00. The third-order valence-corrected chi connectivity index (χ3v) is 10.1. The van der Waals surface area contributed by atoms with Crippen LogP contribution in [0.5, 0.6) is 0 Å². The van der Waals surface area contributed by atoms with E-state index in [1.165, 1.54) is 38.5 Å². The van der Waals surface area contributed by atoms with Crippen molar-refractivity contribution in [3.8, 4) is 0 Å². The summed E-state index contributed by atoms with van der Waals surface area (Å²) in [6, 6.07) is 0. The summed E-state index contributed by atoms with van der Waals surface area (Å²) in [5.74, 6) is -2.09. The molecule has 0 amide bonds. The summed E-state index contributed by atoms with van der Waals surface area (Å²) in [5, 5.41) is 30.8. The van der Waals surface area contributed by atoms with E-state index in [1.54, 1.807) is 0 Å². The largest absolute Gasteiger partial charge is 0.462 e. The molecule has 1 rings (SSSR count). The molecule has 0 aromatic rings. The summed E-state index contributed by atoms with van der Waals surface area (Å²) in [5.41, 5.74) is 0. The summed E-state index contributed by atoms with van der Waals surface area (Å²) in [6.07, 6.45) is 31.4. The lowest BCUT2D eigenvalue weighted by Gasteiger charge is -2.40. The van der Waals surface area contributed by atoms with Gasteiger partial charge in [0.2, 0.25) is 0 Å². The highest BCUT2D eigenvalue weighted by atomic mass is 32.2. The first kappa shape index (κ1) is 52.4. The van der Waals surface area contributed by atoms with Crippen LogP contribution in [0, 0.1) is 0 Å². The van der Waals surface area contributed by atoms with Gasteiger partial charge < -0.3 is 34.3 Å². The molecule has 1 aliphatic heterocycles. The fraction of sp³-hybridized carbons (Fsp3) is 0.727. The molecule has 1 heterocycles. The summed E-state index contributed by atoms with van der Waals surface area (Å²) in [6.45, 7) is 3.56. The average molecular weight is 827 g/mol. The molecular formula is C44H74O12S. The Hall–Kier alpha value is -2.65. The second-order valence-corrected chi connectivity index (χ2v) is 16.1. The highest BCUT2D eigenvalue weighted by molar-refractivity contribution is 7.85. The van der Waals surface area contributed by atoms with Crippen LogP contribution in [0.2, 0.25) is 0 Å². The van der Waals surface area contributed by atoms with Gasteiger partial charge >= 0.3 is 11.9 Å². The number of aliphatic hydroxyl groups excluding tert-OH is 3. The van der Waals surface area contributed by atoms with Crippen LogP contribution in [0.3, 0.4) is 0 Å². The van der Waals surface area contributed by atoms with Gasteiger partial charge in [0.1, 0.15) is 36.8 Å². The van der Waals surface area contributed by atoms with E-state index in [1.807, 2.05) is 12.2 Å². The first-order valence-corrected chi connectivity index (χ1v) is 23.0. The van der Waals surface area contributed by atoms with Crippen molar-refractivity contribution in [3.63, 3.8) is 0 Å². The predicted octanol–water partition coefficient (Wildman–Crippen LogP) is 8.17. The molecule has 0 radical (unpaired) electrons. The number of hydrogen-bond acceptors (Lipinski definition) is 11. The van der Waals surface area contributed by atoms with Gasteiger partial charge in [-0.2, -0.15) is 8.42 Å². The van der Waals surface area contributed by atoms with E-state index in [4.69, 9.17) is 18.9 Å². The smallest absolute Gasteiger partial charge is 0.306 e. The monoisotopic (exact) mass is 826 g/mol. The number of rotatable bonds is 34. The second-order valence-electron chi connectivity index (χ2n) is 14.6. The van der Waals surface area contributed by atoms with Crippen LogP contribution < -0.4 is 0 Å². The SMILES string of the molecule is CC/C=C/C/C=C/C/C=C/CCCCCCCCC(=O)OCC(CO[C@H]1O[C@H](CS(=O)(=O)O)[C@@H](O)C(O)C1O)OC(=O)CC/C=C/C/C=C/CCCCCCCC. The standard InChI is InChI=1S/C44H74O12S/c1-3-5-7-9-11-13-15-17-18-19-21-22-24-26-28-30-32-39(45)53-34-37(35-54-44-43(49)42(48)41(47)38(56-44)36-57(50,51)52)55-40(46)33-31-29-27-25-23-20-16-14-12-10-8-6-4-2/h5,7,11,13,17-18,20,23,27,29,37-38,41-44,47-49H,3-4,6,8-10,12,14-16,19,21-22,24-26,28,30-36H2,1-2H3,(H,50,51,52)/b7-5+,13-11+,18-17+,23-20+,29-27+/t37?,38-,41-,42?,43?,44+/m1/s1. The highest BCUT2D eigenvalue weighted by Crippen LogP contribution is 2.24. The van der Waals surface area contributed by atoms with Crippen molar-refractivity contribution in [1.82, 2.24) is 0 Å². The van der Waals surface area contributed by atoms with Crippen molar-refractivity contribution in [3.05, 3.63) is 60.8 Å². The molecule has 0 aromatic heterocycles. The maximum atomic E-state index is 12.7. The van der Waals surface area contributed by atoms with Crippen molar-refractivity contribution in [2.75, 3.05) is 19.0 Å². The maximum absolute atomic E-state index is 12.7. The molecule has 4 N–H and O–H groups in total. The lowest BCUT2D eigenvalue weighted by Crippen LogP contribution is -2.60. The molecule has 12 nitrogen and oxygen atoms in total. The Morgan fingerprint density at radius 1 is 0.614 bits per heavy atom. The van der Waals surface area contributed by atoms with Crippen LogP contribution in [0.4, 0.5) is 0 Å². The Morgan fingerprint density at radius 2 is 1.14 bits per heavy atom. The minimum atomic E-state index is -4.61. The highest BCUT2D eigenvalue weighted by Gasteiger charge is 2.46. The minimum absolute atomic E-state index is 0.0527. The van der Waals surface area contributed by atoms with Crippen molar-refractivity contribution in [1.29, 1.82) is 0 Å². The zero-order chi connectivity index (χ0) is 42.0. The number of esters is 2.